The van der Waals surface area contributed by atoms with Gasteiger partial charge in [-0.05, 0) is 47.2 Å². The first-order valence-corrected chi connectivity index (χ1v) is 8.71. The number of carbonyl (C=O) groups is 1. The number of amides is 1. The Morgan fingerprint density at radius 2 is 1.74 bits per heavy atom. The normalized spacial score (nSPS) is 11.4. The molecule has 0 aliphatic heterocycles. The fraction of sp³-hybridized carbons (Fsp3) is 0.381. The fourth-order valence-electron chi connectivity index (χ4n) is 2.61. The summed E-state index contributed by atoms with van der Waals surface area (Å²) < 4.78 is 34.4. The van der Waals surface area contributed by atoms with Gasteiger partial charge in [-0.15, -0.1) is 0 Å². The summed E-state index contributed by atoms with van der Waals surface area (Å²) in [5.74, 6) is 0.0455. The predicted molar refractivity (Wildman–Crippen MR) is 101 cm³/mol. The van der Waals surface area contributed by atoms with Crippen LogP contribution in [0.5, 0.6) is 11.5 Å². The first-order chi connectivity index (χ1) is 12.7. The maximum absolute atomic E-state index is 12.5. The minimum Gasteiger partial charge on any atom is -0.493 e. The second-order valence-corrected chi connectivity index (χ2v) is 7.20. The second-order valence-electron chi connectivity index (χ2n) is 7.20. The van der Waals surface area contributed by atoms with Crippen LogP contribution in [-0.4, -0.2) is 26.2 Å². The first-order valence-electron chi connectivity index (χ1n) is 8.71. The van der Waals surface area contributed by atoms with E-state index < -0.39 is 6.61 Å². The molecule has 0 heterocycles. The van der Waals surface area contributed by atoms with Crippen molar-refractivity contribution in [2.24, 2.45) is 0 Å². The standard InChI is InChI=1S/C21H25F2NO3/c1-21(2,3)16-8-6-15(7-9-16)19(25)24-12-11-14-5-10-17(26-4)18(13-14)27-20(22)23/h5-10,13,20H,11-12H2,1-4H3,(H,24,25). The lowest BCUT2D eigenvalue weighted by Crippen LogP contribution is -2.25. The number of hydrogen-bond donors (Lipinski definition) is 1. The van der Waals surface area contributed by atoms with Gasteiger partial charge >= 0.3 is 6.61 Å². The van der Waals surface area contributed by atoms with E-state index in [0.717, 1.165) is 11.1 Å². The van der Waals surface area contributed by atoms with Crippen LogP contribution in [0.15, 0.2) is 42.5 Å². The van der Waals surface area contributed by atoms with Crippen LogP contribution in [0.3, 0.4) is 0 Å². The zero-order valence-corrected chi connectivity index (χ0v) is 16.0. The Balaban J connectivity index is 1.94. The van der Waals surface area contributed by atoms with Crippen LogP contribution in [0.25, 0.3) is 0 Å². The molecule has 0 saturated carbocycles. The van der Waals surface area contributed by atoms with Gasteiger partial charge < -0.3 is 14.8 Å². The number of carbonyl (C=O) groups excluding carboxylic acids is 1. The number of nitrogens with one attached hydrogen (secondary N) is 1. The van der Waals surface area contributed by atoms with Crippen molar-refractivity contribution in [1.82, 2.24) is 5.32 Å². The molecule has 2 aromatic carbocycles. The minimum atomic E-state index is -2.93. The molecule has 0 fully saturated rings. The number of rotatable bonds is 7. The third-order valence-corrected chi connectivity index (χ3v) is 4.16. The highest BCUT2D eigenvalue weighted by molar-refractivity contribution is 5.94. The van der Waals surface area contributed by atoms with Crippen molar-refractivity contribution in [2.45, 2.75) is 39.2 Å². The molecule has 2 aromatic rings. The van der Waals surface area contributed by atoms with E-state index in [1.54, 1.807) is 24.3 Å². The molecular formula is C21H25F2NO3. The molecule has 146 valence electrons. The average molecular weight is 377 g/mol. The Bertz CT molecular complexity index is 768. The Kier molecular flexibility index (Phi) is 6.77. The fourth-order valence-corrected chi connectivity index (χ4v) is 2.61. The monoisotopic (exact) mass is 377 g/mol. The van der Waals surface area contributed by atoms with Crippen molar-refractivity contribution in [3.63, 3.8) is 0 Å². The number of methoxy groups -OCH3 is 1. The van der Waals surface area contributed by atoms with Crippen LogP contribution in [0, 0.1) is 0 Å². The molecule has 1 amide bonds. The summed E-state index contributed by atoms with van der Waals surface area (Å²) in [5, 5.41) is 2.84. The van der Waals surface area contributed by atoms with Gasteiger partial charge in [-0.25, -0.2) is 0 Å². The van der Waals surface area contributed by atoms with Crippen LogP contribution in [0.1, 0.15) is 42.3 Å². The van der Waals surface area contributed by atoms with Crippen molar-refractivity contribution in [3.05, 3.63) is 59.2 Å². The van der Waals surface area contributed by atoms with E-state index in [9.17, 15) is 13.6 Å². The van der Waals surface area contributed by atoms with Crippen LogP contribution in [-0.2, 0) is 11.8 Å². The number of hydrogen-bond acceptors (Lipinski definition) is 3. The molecule has 1 N–H and O–H groups in total. The molecule has 2 rings (SSSR count). The molecule has 0 atom stereocenters. The molecule has 0 aliphatic rings. The van der Waals surface area contributed by atoms with Crippen molar-refractivity contribution in [2.75, 3.05) is 13.7 Å². The molecule has 0 bridgehead atoms. The Labute approximate surface area is 158 Å². The van der Waals surface area contributed by atoms with Crippen molar-refractivity contribution in [1.29, 1.82) is 0 Å². The Hall–Kier alpha value is -2.63. The average Bonchev–Trinajstić information content (AvgIpc) is 2.61. The number of alkyl halides is 2. The first kappa shape index (κ1) is 20.7. The SMILES string of the molecule is COc1ccc(CCNC(=O)c2ccc(C(C)(C)C)cc2)cc1OC(F)F. The van der Waals surface area contributed by atoms with Gasteiger partial charge in [-0.2, -0.15) is 8.78 Å². The molecule has 27 heavy (non-hydrogen) atoms. The molecule has 4 nitrogen and oxygen atoms in total. The van der Waals surface area contributed by atoms with Gasteiger partial charge in [0.2, 0.25) is 0 Å². The molecule has 0 saturated heterocycles. The van der Waals surface area contributed by atoms with Crippen LogP contribution >= 0.6 is 0 Å². The topological polar surface area (TPSA) is 47.6 Å². The van der Waals surface area contributed by atoms with Crippen molar-refractivity contribution in [3.8, 4) is 11.5 Å². The smallest absolute Gasteiger partial charge is 0.387 e. The molecule has 6 heteroatoms. The number of benzene rings is 2. The van der Waals surface area contributed by atoms with E-state index in [2.05, 4.69) is 30.8 Å². The quantitative estimate of drug-likeness (QED) is 0.769. The summed E-state index contributed by atoms with van der Waals surface area (Å²) in [6, 6.07) is 12.3. The summed E-state index contributed by atoms with van der Waals surface area (Å²) in [7, 11) is 1.39. The number of halogens is 2. The summed E-state index contributed by atoms with van der Waals surface area (Å²) in [4.78, 5) is 12.3. The largest absolute Gasteiger partial charge is 0.493 e. The van der Waals surface area contributed by atoms with Crippen LogP contribution in [0.2, 0.25) is 0 Å². The van der Waals surface area contributed by atoms with Crippen LogP contribution in [0.4, 0.5) is 8.78 Å². The molecule has 0 radical (unpaired) electrons. The van der Waals surface area contributed by atoms with E-state index in [-0.39, 0.29) is 22.8 Å². The van der Waals surface area contributed by atoms with Crippen LogP contribution < -0.4 is 14.8 Å². The lowest BCUT2D eigenvalue weighted by molar-refractivity contribution is -0.0512. The zero-order chi connectivity index (χ0) is 20.0. The minimum absolute atomic E-state index is 0.0194. The van der Waals surface area contributed by atoms with Gasteiger partial charge in [0.25, 0.3) is 5.91 Å². The Morgan fingerprint density at radius 3 is 2.30 bits per heavy atom. The summed E-state index contributed by atoms with van der Waals surface area (Å²) in [6.07, 6.45) is 0.482. The summed E-state index contributed by atoms with van der Waals surface area (Å²) in [5.41, 5.74) is 2.53. The van der Waals surface area contributed by atoms with Crippen molar-refractivity contribution < 1.29 is 23.0 Å². The van der Waals surface area contributed by atoms with Gasteiger partial charge in [0.1, 0.15) is 0 Å². The Morgan fingerprint density at radius 1 is 1.07 bits per heavy atom. The number of ether oxygens (including phenoxy) is 2. The molecule has 0 aliphatic carbocycles. The lowest BCUT2D eigenvalue weighted by atomic mass is 9.87. The zero-order valence-electron chi connectivity index (χ0n) is 16.0. The molecule has 0 aromatic heterocycles. The third-order valence-electron chi connectivity index (χ3n) is 4.16. The van der Waals surface area contributed by atoms with E-state index in [1.807, 2.05) is 12.1 Å². The van der Waals surface area contributed by atoms with E-state index in [4.69, 9.17) is 4.74 Å². The highest BCUT2D eigenvalue weighted by Gasteiger charge is 2.14. The summed E-state index contributed by atoms with van der Waals surface area (Å²) in [6.45, 7) is 3.79. The highest BCUT2D eigenvalue weighted by atomic mass is 19.3. The predicted octanol–water partition coefficient (Wildman–Crippen LogP) is 4.57. The van der Waals surface area contributed by atoms with E-state index in [0.29, 0.717) is 18.5 Å². The summed E-state index contributed by atoms with van der Waals surface area (Å²) >= 11 is 0. The van der Waals surface area contributed by atoms with E-state index in [1.165, 1.54) is 13.2 Å². The molecule has 0 spiro atoms. The maximum Gasteiger partial charge on any atom is 0.387 e. The highest BCUT2D eigenvalue weighted by Crippen LogP contribution is 2.29. The second kappa shape index (κ2) is 8.84. The molecule has 0 unspecified atom stereocenters. The van der Waals surface area contributed by atoms with Gasteiger partial charge in [0.05, 0.1) is 7.11 Å². The maximum atomic E-state index is 12.5. The lowest BCUT2D eigenvalue weighted by Gasteiger charge is -2.19. The van der Waals surface area contributed by atoms with Gasteiger partial charge in [0.15, 0.2) is 11.5 Å². The third kappa shape index (κ3) is 5.94. The van der Waals surface area contributed by atoms with Gasteiger partial charge in [-0.1, -0.05) is 39.0 Å². The van der Waals surface area contributed by atoms with Gasteiger partial charge in [0, 0.05) is 12.1 Å². The molecular weight excluding hydrogens is 352 g/mol. The van der Waals surface area contributed by atoms with Gasteiger partial charge in [-0.3, -0.25) is 4.79 Å². The van der Waals surface area contributed by atoms with Crippen molar-refractivity contribution >= 4 is 5.91 Å². The van der Waals surface area contributed by atoms with E-state index >= 15 is 0 Å².